The van der Waals surface area contributed by atoms with Gasteiger partial charge in [-0.2, -0.15) is 5.26 Å². The molecule has 1 N–H and O–H groups in total. The second-order valence-electron chi connectivity index (χ2n) is 5.61. The van der Waals surface area contributed by atoms with Crippen LogP contribution in [-0.4, -0.2) is 15.5 Å². The molecule has 0 fully saturated rings. The van der Waals surface area contributed by atoms with Gasteiger partial charge in [0, 0.05) is 17.3 Å². The number of anilines is 1. The molecule has 7 heteroatoms. The minimum atomic E-state index is -0.362. The molecular formula is C17H14N4O2S. The fraction of sp³-hybridized carbons (Fsp3) is 0.235. The predicted octanol–water partition coefficient (Wildman–Crippen LogP) is 3.45. The summed E-state index contributed by atoms with van der Waals surface area (Å²) in [6.07, 6.45) is 6.66. The average molecular weight is 338 g/mol. The first-order chi connectivity index (χ1) is 11.7. The molecule has 0 atom stereocenters. The summed E-state index contributed by atoms with van der Waals surface area (Å²) in [6, 6.07) is 5.74. The van der Waals surface area contributed by atoms with Crippen molar-refractivity contribution in [1.29, 1.82) is 5.26 Å². The van der Waals surface area contributed by atoms with Gasteiger partial charge in [0.05, 0.1) is 5.69 Å². The van der Waals surface area contributed by atoms with Gasteiger partial charge in [0.25, 0.3) is 5.91 Å². The number of aromatic nitrogens is 2. The van der Waals surface area contributed by atoms with Gasteiger partial charge in [-0.3, -0.25) is 14.7 Å². The first-order valence-electron chi connectivity index (χ1n) is 7.64. The van der Waals surface area contributed by atoms with Crippen LogP contribution in [-0.2, 0) is 12.8 Å². The largest absolute Gasteiger partial charge is 0.443 e. The maximum atomic E-state index is 12.7. The summed E-state index contributed by atoms with van der Waals surface area (Å²) in [7, 11) is 0. The molecule has 1 amide bonds. The number of amides is 1. The second-order valence-corrected chi connectivity index (χ2v) is 6.70. The van der Waals surface area contributed by atoms with E-state index >= 15 is 0 Å². The van der Waals surface area contributed by atoms with E-state index in [-0.39, 0.29) is 17.0 Å². The van der Waals surface area contributed by atoms with Crippen LogP contribution in [0, 0.1) is 18.3 Å². The number of nitrogens with zero attached hydrogens (tertiary/aromatic N) is 3. The van der Waals surface area contributed by atoms with E-state index in [2.05, 4.69) is 16.4 Å². The first-order valence-corrected chi connectivity index (χ1v) is 8.46. The van der Waals surface area contributed by atoms with Crippen molar-refractivity contribution in [2.75, 3.05) is 5.32 Å². The van der Waals surface area contributed by atoms with E-state index in [9.17, 15) is 10.1 Å². The van der Waals surface area contributed by atoms with Crippen LogP contribution in [0.15, 0.2) is 28.9 Å². The molecule has 3 aromatic rings. The number of rotatable bonds is 3. The van der Waals surface area contributed by atoms with Crippen LogP contribution in [0.25, 0.3) is 5.88 Å². The summed E-state index contributed by atoms with van der Waals surface area (Å²) in [4.78, 5) is 18.4. The molecule has 0 bridgehead atoms. The van der Waals surface area contributed by atoms with Crippen molar-refractivity contribution in [3.05, 3.63) is 52.0 Å². The van der Waals surface area contributed by atoms with E-state index in [4.69, 9.17) is 4.42 Å². The second kappa shape index (κ2) is 5.65. The summed E-state index contributed by atoms with van der Waals surface area (Å²) >= 11 is 1.51. The lowest BCUT2D eigenvalue weighted by atomic mass is 10.1. The van der Waals surface area contributed by atoms with Crippen LogP contribution in [0.4, 0.5) is 5.13 Å². The molecular weight excluding hydrogens is 324 g/mol. The molecule has 3 heterocycles. The van der Waals surface area contributed by atoms with Crippen LogP contribution < -0.4 is 5.32 Å². The summed E-state index contributed by atoms with van der Waals surface area (Å²) in [6.45, 7) is 1.69. The molecule has 3 aromatic heterocycles. The normalized spacial score (nSPS) is 12.8. The van der Waals surface area contributed by atoms with Gasteiger partial charge in [-0.1, -0.05) is 0 Å². The maximum absolute atomic E-state index is 12.7. The van der Waals surface area contributed by atoms with E-state index in [1.807, 2.05) is 12.1 Å². The molecule has 0 spiro atoms. The van der Waals surface area contributed by atoms with E-state index in [1.165, 1.54) is 16.2 Å². The minimum absolute atomic E-state index is 0.227. The molecule has 0 saturated carbocycles. The number of thiazole rings is 1. The fourth-order valence-corrected chi connectivity index (χ4v) is 4.01. The van der Waals surface area contributed by atoms with Crippen molar-refractivity contribution in [3.8, 4) is 12.0 Å². The number of carbonyl (C=O) groups is 1. The number of fused-ring (bicyclic) bond motifs is 1. The van der Waals surface area contributed by atoms with E-state index in [0.717, 1.165) is 25.0 Å². The maximum Gasteiger partial charge on any atom is 0.262 e. The third-order valence-corrected chi connectivity index (χ3v) is 5.13. The van der Waals surface area contributed by atoms with Gasteiger partial charge in [0.15, 0.2) is 5.13 Å². The van der Waals surface area contributed by atoms with Gasteiger partial charge in [-0.15, -0.1) is 11.3 Å². The number of hydrogen-bond acceptors (Lipinski definition) is 5. The molecule has 0 unspecified atom stereocenters. The third kappa shape index (κ3) is 2.32. The molecule has 120 valence electrons. The standard InChI is InChI=1S/C17H14N4O2S/c1-10-14(11(9-18)16(23-10)21-7-2-3-8-21)15(22)20-17-19-12-5-4-6-13(12)24-17/h2-3,7-8H,4-6H2,1H3,(H,19,20,22). The van der Waals surface area contributed by atoms with Crippen LogP contribution in [0.2, 0.25) is 0 Å². The Hall–Kier alpha value is -2.85. The van der Waals surface area contributed by atoms with Crippen molar-refractivity contribution < 1.29 is 9.21 Å². The van der Waals surface area contributed by atoms with E-state index < -0.39 is 0 Å². The minimum Gasteiger partial charge on any atom is -0.443 e. The zero-order valence-electron chi connectivity index (χ0n) is 13.0. The third-order valence-electron chi connectivity index (χ3n) is 4.06. The number of furan rings is 1. The number of carbonyl (C=O) groups excluding carboxylic acids is 1. The molecule has 4 rings (SSSR count). The predicted molar refractivity (Wildman–Crippen MR) is 89.6 cm³/mol. The topological polar surface area (TPSA) is 83.8 Å². The zero-order valence-corrected chi connectivity index (χ0v) is 13.8. The average Bonchev–Trinajstić information content (AvgIpc) is 3.28. The lowest BCUT2D eigenvalue weighted by molar-refractivity contribution is 0.102. The molecule has 1 aliphatic rings. The summed E-state index contributed by atoms with van der Waals surface area (Å²) in [5.74, 6) is 0.405. The number of aryl methyl sites for hydroxylation is 3. The van der Waals surface area contributed by atoms with Gasteiger partial charge in [-0.05, 0) is 38.3 Å². The molecule has 6 nitrogen and oxygen atoms in total. The lowest BCUT2D eigenvalue weighted by Gasteiger charge is -2.01. The Bertz CT molecular complexity index is 938. The van der Waals surface area contributed by atoms with Crippen LogP contribution in [0.1, 0.15) is 38.7 Å². The van der Waals surface area contributed by atoms with Gasteiger partial charge in [0.1, 0.15) is 23.0 Å². The molecule has 0 aliphatic heterocycles. The van der Waals surface area contributed by atoms with Gasteiger partial charge < -0.3 is 4.42 Å². The Balaban J connectivity index is 1.68. The van der Waals surface area contributed by atoms with Crippen LogP contribution in [0.5, 0.6) is 0 Å². The number of nitriles is 1. The van der Waals surface area contributed by atoms with Crippen molar-refractivity contribution >= 4 is 22.4 Å². The van der Waals surface area contributed by atoms with Crippen LogP contribution >= 0.6 is 11.3 Å². The Kier molecular flexibility index (Phi) is 3.47. The Morgan fingerprint density at radius 1 is 1.42 bits per heavy atom. The SMILES string of the molecule is Cc1oc(-n2cccc2)c(C#N)c1C(=O)Nc1nc2c(s1)CCC2. The fourth-order valence-electron chi connectivity index (χ4n) is 2.96. The van der Waals surface area contributed by atoms with Crippen molar-refractivity contribution in [3.63, 3.8) is 0 Å². The molecule has 1 aliphatic carbocycles. The smallest absolute Gasteiger partial charge is 0.262 e. The summed E-state index contributed by atoms with van der Waals surface area (Å²) < 4.78 is 7.34. The summed E-state index contributed by atoms with van der Waals surface area (Å²) in [5.41, 5.74) is 1.56. The molecule has 24 heavy (non-hydrogen) atoms. The highest BCUT2D eigenvalue weighted by Crippen LogP contribution is 2.32. The highest BCUT2D eigenvalue weighted by atomic mass is 32.1. The lowest BCUT2D eigenvalue weighted by Crippen LogP contribution is -2.14. The zero-order chi connectivity index (χ0) is 16.7. The molecule has 0 saturated heterocycles. The van der Waals surface area contributed by atoms with E-state index in [0.29, 0.717) is 16.8 Å². The highest BCUT2D eigenvalue weighted by molar-refractivity contribution is 7.16. The Morgan fingerprint density at radius 3 is 2.92 bits per heavy atom. The van der Waals surface area contributed by atoms with E-state index in [1.54, 1.807) is 23.9 Å². The van der Waals surface area contributed by atoms with Gasteiger partial charge in [0.2, 0.25) is 5.88 Å². The van der Waals surface area contributed by atoms with Crippen molar-refractivity contribution in [2.24, 2.45) is 0 Å². The Labute approximate surface area is 142 Å². The van der Waals surface area contributed by atoms with Crippen LogP contribution in [0.3, 0.4) is 0 Å². The molecule has 0 radical (unpaired) electrons. The quantitative estimate of drug-likeness (QED) is 0.793. The first kappa shape index (κ1) is 14.7. The summed E-state index contributed by atoms with van der Waals surface area (Å²) in [5, 5.41) is 12.9. The monoisotopic (exact) mass is 338 g/mol. The van der Waals surface area contributed by atoms with Gasteiger partial charge in [-0.25, -0.2) is 4.98 Å². The molecule has 0 aromatic carbocycles. The number of nitrogens with one attached hydrogen (secondary N) is 1. The van der Waals surface area contributed by atoms with Crippen molar-refractivity contribution in [2.45, 2.75) is 26.2 Å². The van der Waals surface area contributed by atoms with Crippen molar-refractivity contribution in [1.82, 2.24) is 9.55 Å². The highest BCUT2D eigenvalue weighted by Gasteiger charge is 2.26. The number of hydrogen-bond donors (Lipinski definition) is 1. The Morgan fingerprint density at radius 2 is 2.21 bits per heavy atom. The van der Waals surface area contributed by atoms with Gasteiger partial charge >= 0.3 is 0 Å².